The highest BCUT2D eigenvalue weighted by atomic mass is 15.0. The van der Waals surface area contributed by atoms with Gasteiger partial charge in [-0.2, -0.15) is 0 Å². The molecule has 3 fully saturated rings. The smallest absolute Gasteiger partial charge is 0.0101 e. The Labute approximate surface area is 170 Å². The minimum atomic E-state index is 0.825. The van der Waals surface area contributed by atoms with Crippen LogP contribution in [0.25, 0.3) is 0 Å². The first-order chi connectivity index (χ1) is 13.4. The zero-order chi connectivity index (χ0) is 18.6. The molecule has 2 atom stereocenters. The third-order valence-electron chi connectivity index (χ3n) is 8.13. The molecule has 0 aromatic heterocycles. The maximum atomic E-state index is 4.27. The van der Waals surface area contributed by atoms with E-state index in [0.29, 0.717) is 0 Å². The van der Waals surface area contributed by atoms with Crippen LogP contribution < -0.4 is 5.32 Å². The second kappa shape index (κ2) is 13.2. The van der Waals surface area contributed by atoms with Crippen molar-refractivity contribution in [2.75, 3.05) is 0 Å². The Bertz CT molecular complexity index is 343. The Balaban J connectivity index is 1.50. The lowest BCUT2D eigenvalue weighted by Gasteiger charge is -2.33. The maximum Gasteiger partial charge on any atom is 0.0101 e. The Morgan fingerprint density at radius 2 is 0.815 bits per heavy atom. The summed E-state index contributed by atoms with van der Waals surface area (Å²) in [4.78, 5) is 0. The summed E-state index contributed by atoms with van der Waals surface area (Å²) in [5, 5.41) is 4.27. The Morgan fingerprint density at radius 3 is 1.33 bits per heavy atom. The van der Waals surface area contributed by atoms with Gasteiger partial charge in [0.1, 0.15) is 0 Å². The van der Waals surface area contributed by atoms with Crippen LogP contribution in [0.3, 0.4) is 0 Å². The topological polar surface area (TPSA) is 12.0 Å². The van der Waals surface area contributed by atoms with Crippen LogP contribution in [0.1, 0.15) is 141 Å². The van der Waals surface area contributed by atoms with Gasteiger partial charge in [-0.3, -0.25) is 0 Å². The van der Waals surface area contributed by atoms with Crippen molar-refractivity contribution in [2.24, 2.45) is 11.8 Å². The average molecular weight is 376 g/mol. The Kier molecular flexibility index (Phi) is 10.6. The van der Waals surface area contributed by atoms with Gasteiger partial charge >= 0.3 is 0 Å². The van der Waals surface area contributed by atoms with Gasteiger partial charge in [-0.1, -0.05) is 116 Å². The average Bonchev–Trinajstić information content (AvgIpc) is 3.16. The summed E-state index contributed by atoms with van der Waals surface area (Å²) in [6.07, 6.45) is 32.8. The first-order valence-corrected chi connectivity index (χ1v) is 13.2. The van der Waals surface area contributed by atoms with Crippen molar-refractivity contribution >= 4 is 0 Å². The standard InChI is InChI=1S/C26H49N/c1-2-4-10-14-19-24(20-15-11-5-3-1)27-26-22-16-21-25(26)23-17-12-8-6-7-9-13-18-23/h23-27H,1-22H2. The van der Waals surface area contributed by atoms with Gasteiger partial charge in [0.05, 0.1) is 0 Å². The van der Waals surface area contributed by atoms with Crippen molar-refractivity contribution in [3.05, 3.63) is 0 Å². The summed E-state index contributed by atoms with van der Waals surface area (Å²) in [6.45, 7) is 0. The molecule has 0 heterocycles. The van der Waals surface area contributed by atoms with Crippen LogP contribution in [0.2, 0.25) is 0 Å². The van der Waals surface area contributed by atoms with Crippen molar-refractivity contribution in [1.82, 2.24) is 5.32 Å². The van der Waals surface area contributed by atoms with Crippen LogP contribution in [0, 0.1) is 11.8 Å². The lowest BCUT2D eigenvalue weighted by atomic mass is 9.81. The number of hydrogen-bond acceptors (Lipinski definition) is 1. The molecule has 3 saturated carbocycles. The van der Waals surface area contributed by atoms with Crippen LogP contribution in [-0.4, -0.2) is 12.1 Å². The molecule has 158 valence electrons. The molecule has 0 bridgehead atoms. The van der Waals surface area contributed by atoms with Gasteiger partial charge in [0.15, 0.2) is 0 Å². The maximum absolute atomic E-state index is 4.27. The highest BCUT2D eigenvalue weighted by Gasteiger charge is 2.34. The minimum absolute atomic E-state index is 0.825. The fraction of sp³-hybridized carbons (Fsp3) is 1.00. The van der Waals surface area contributed by atoms with Crippen molar-refractivity contribution in [1.29, 1.82) is 0 Å². The van der Waals surface area contributed by atoms with Crippen molar-refractivity contribution in [2.45, 2.75) is 153 Å². The first kappa shape index (κ1) is 21.7. The predicted molar refractivity (Wildman–Crippen MR) is 119 cm³/mol. The largest absolute Gasteiger partial charge is 0.311 e. The molecule has 27 heavy (non-hydrogen) atoms. The molecule has 3 aliphatic rings. The van der Waals surface area contributed by atoms with Crippen LogP contribution in [-0.2, 0) is 0 Å². The molecule has 3 rings (SSSR count). The van der Waals surface area contributed by atoms with Gasteiger partial charge in [-0.05, 0) is 37.5 Å². The van der Waals surface area contributed by atoms with Crippen molar-refractivity contribution in [3.63, 3.8) is 0 Å². The zero-order valence-corrected chi connectivity index (χ0v) is 18.4. The third kappa shape index (κ3) is 8.08. The van der Waals surface area contributed by atoms with E-state index < -0.39 is 0 Å². The molecule has 0 aromatic rings. The molecule has 0 radical (unpaired) electrons. The molecule has 0 saturated heterocycles. The number of nitrogens with one attached hydrogen (secondary N) is 1. The molecule has 0 aliphatic heterocycles. The monoisotopic (exact) mass is 375 g/mol. The van der Waals surface area contributed by atoms with Crippen molar-refractivity contribution < 1.29 is 0 Å². The Morgan fingerprint density at radius 1 is 0.370 bits per heavy atom. The van der Waals surface area contributed by atoms with Crippen LogP contribution >= 0.6 is 0 Å². The van der Waals surface area contributed by atoms with Crippen LogP contribution in [0.15, 0.2) is 0 Å². The van der Waals surface area contributed by atoms with E-state index in [4.69, 9.17) is 0 Å². The summed E-state index contributed by atoms with van der Waals surface area (Å²) in [7, 11) is 0. The molecule has 1 nitrogen and oxygen atoms in total. The first-order valence-electron chi connectivity index (χ1n) is 13.2. The summed E-state index contributed by atoms with van der Waals surface area (Å²) < 4.78 is 0. The zero-order valence-electron chi connectivity index (χ0n) is 18.4. The van der Waals surface area contributed by atoms with E-state index in [9.17, 15) is 0 Å². The molecule has 3 aliphatic carbocycles. The quantitative estimate of drug-likeness (QED) is 0.524. The van der Waals surface area contributed by atoms with Gasteiger partial charge in [0, 0.05) is 12.1 Å². The molecular weight excluding hydrogens is 326 g/mol. The van der Waals surface area contributed by atoms with Crippen LogP contribution in [0.4, 0.5) is 0 Å². The fourth-order valence-electron chi connectivity index (χ4n) is 6.49. The van der Waals surface area contributed by atoms with Crippen molar-refractivity contribution in [3.8, 4) is 0 Å². The summed E-state index contributed by atoms with van der Waals surface area (Å²) >= 11 is 0. The number of hydrogen-bond donors (Lipinski definition) is 1. The van der Waals surface area contributed by atoms with E-state index in [1.165, 1.54) is 141 Å². The van der Waals surface area contributed by atoms with Gasteiger partial charge in [-0.25, -0.2) is 0 Å². The second-order valence-corrected chi connectivity index (χ2v) is 10.3. The molecule has 1 N–H and O–H groups in total. The minimum Gasteiger partial charge on any atom is -0.311 e. The van der Waals surface area contributed by atoms with E-state index in [2.05, 4.69) is 5.32 Å². The van der Waals surface area contributed by atoms with Gasteiger partial charge in [0.2, 0.25) is 0 Å². The van der Waals surface area contributed by atoms with E-state index in [-0.39, 0.29) is 0 Å². The fourth-order valence-corrected chi connectivity index (χ4v) is 6.49. The Hall–Kier alpha value is -0.0400. The van der Waals surface area contributed by atoms with Gasteiger partial charge in [-0.15, -0.1) is 0 Å². The third-order valence-corrected chi connectivity index (χ3v) is 8.13. The van der Waals surface area contributed by atoms with E-state index in [1.807, 2.05) is 0 Å². The normalized spacial score (nSPS) is 32.0. The highest BCUT2D eigenvalue weighted by Crippen LogP contribution is 2.38. The molecule has 1 heteroatoms. The summed E-state index contributed by atoms with van der Waals surface area (Å²) in [5.74, 6) is 2.04. The molecule has 0 amide bonds. The summed E-state index contributed by atoms with van der Waals surface area (Å²) in [6, 6.07) is 1.68. The molecule has 2 unspecified atom stereocenters. The van der Waals surface area contributed by atoms with Crippen LogP contribution in [0.5, 0.6) is 0 Å². The van der Waals surface area contributed by atoms with Gasteiger partial charge < -0.3 is 5.32 Å². The van der Waals surface area contributed by atoms with E-state index in [0.717, 1.165) is 23.9 Å². The molecule has 0 spiro atoms. The lowest BCUT2D eigenvalue weighted by Crippen LogP contribution is -2.42. The van der Waals surface area contributed by atoms with Gasteiger partial charge in [0.25, 0.3) is 0 Å². The summed E-state index contributed by atoms with van der Waals surface area (Å²) in [5.41, 5.74) is 0. The highest BCUT2D eigenvalue weighted by molar-refractivity contribution is 4.90. The number of rotatable bonds is 3. The molecule has 0 aromatic carbocycles. The molecular formula is C26H49N. The lowest BCUT2D eigenvalue weighted by molar-refractivity contribution is 0.223. The second-order valence-electron chi connectivity index (χ2n) is 10.3. The predicted octanol–water partition coefficient (Wildman–Crippen LogP) is 8.17. The van der Waals surface area contributed by atoms with E-state index in [1.54, 1.807) is 0 Å². The SMILES string of the molecule is C1CCCCCC(NC2CCCC2C2CCCCCCCC2)CCCCC1. The van der Waals surface area contributed by atoms with E-state index >= 15 is 0 Å².